The van der Waals surface area contributed by atoms with Crippen LogP contribution in [0.25, 0.3) is 0 Å². The Kier molecular flexibility index (Phi) is 46.0. The van der Waals surface area contributed by atoms with Gasteiger partial charge in [0.2, 0.25) is 0 Å². The molecule has 2 saturated heterocycles. The van der Waals surface area contributed by atoms with Crippen molar-refractivity contribution in [3.05, 3.63) is 392 Å². The Labute approximate surface area is 900 Å². The number of para-hydroxylation sites is 7. The third-order valence-electron chi connectivity index (χ3n) is 20.4. The van der Waals surface area contributed by atoms with Gasteiger partial charge in [-0.1, -0.05) is 256 Å². The summed E-state index contributed by atoms with van der Waals surface area (Å²) in [5.74, 6) is 8.80. The van der Waals surface area contributed by atoms with Crippen LogP contribution in [0.2, 0.25) is 0 Å². The summed E-state index contributed by atoms with van der Waals surface area (Å²) >= 11 is 25.9. The van der Waals surface area contributed by atoms with Crippen molar-refractivity contribution in [2.45, 2.75) is 33.1 Å². The van der Waals surface area contributed by atoms with Crippen LogP contribution in [-0.2, 0) is 23.7 Å². The van der Waals surface area contributed by atoms with Crippen LogP contribution in [0.4, 0.5) is 13.5 Å². The molecule has 15 aromatic carbocycles. The number of hydrogen-bond donors (Lipinski definition) is 3. The van der Waals surface area contributed by atoms with E-state index in [2.05, 4.69) is 224 Å². The van der Waals surface area contributed by atoms with Gasteiger partial charge in [-0.3, -0.25) is 20.0 Å². The maximum absolute atomic E-state index is 15.7. The summed E-state index contributed by atoms with van der Waals surface area (Å²) in [6, 6.07) is 117. The standard InChI is InChI=1S/C36H25O3PSi.C24H16O2Si.C18H11Br3O2.C6H3BrF2.C6H5BrO.2C4H8O.CH2Cl2.CH2O3.CH4.FH.2K.H2O2.H/c37-40(26-14-4-1-5-15-26,27-16-6-2-7-17-27)32-25-24-31-36-35(32)39-30-21-11-13-23-34(30)41(36,28-18-8-3-9-19-28)33-22-12-10-20-29(33)38-31;1-2-9-17(10-3-1)27-22-15-6-4-11-18(22)25-20-13-8-14-21(24(20)27)26-19-12-5-7-16-23(19)27;19-12-6-1-3-8-14(12)22-16-10-5-11-17(18(16)21)23-15-9-4-2-7-13(15)20;7-6-4(8)2-1-3-5(6)9;7-5-3-1-2-4-6(5)8;2*1-2-4-5-3-1;2-1-3;2-1-4-3;;;;;1-2;/h1-25H;1-16H;1-11H;1-3H;1-4,8H;2*1-4H2;1H2;1,3H;1H4;1H;;;1-2H;/q;;;;;;;;;;;2*+1;;-1/p-1. The molecule has 2 fully saturated rings. The van der Waals surface area contributed by atoms with E-state index in [0.717, 1.165) is 112 Å². The predicted molar refractivity (Wildman–Crippen MR) is 532 cm³/mol. The third-order valence-corrected chi connectivity index (χ3v) is 36.7. The number of fused-ring (bicyclic) bond motifs is 8. The molecule has 0 bridgehead atoms. The van der Waals surface area contributed by atoms with Gasteiger partial charge in [0.05, 0.1) is 28.5 Å². The molecule has 15 nitrogen and oxygen atoms in total. The number of rotatable bonds is 10. The number of carbonyl (C=O) groups excluding carboxylic acids is 1. The van der Waals surface area contributed by atoms with Crippen molar-refractivity contribution < 1.29 is 191 Å². The number of phenols is 1. The van der Waals surface area contributed by atoms with Crippen molar-refractivity contribution >= 4 is 190 Å². The largest absolute Gasteiger partial charge is 1.00 e. The van der Waals surface area contributed by atoms with Gasteiger partial charge in [0.15, 0.2) is 23.3 Å². The Morgan fingerprint density at radius 2 is 0.687 bits per heavy atom. The second kappa shape index (κ2) is 55.2. The van der Waals surface area contributed by atoms with E-state index in [1.54, 1.807) is 18.2 Å². The third kappa shape index (κ3) is 26.2. The molecule has 6 heterocycles. The molecule has 3 N–H and O–H groups in total. The summed E-state index contributed by atoms with van der Waals surface area (Å²) < 4.78 is 91.5. The zero-order valence-electron chi connectivity index (χ0n) is 71.0. The molecule has 0 amide bonds. The molecule has 1 unspecified atom stereocenters. The Morgan fingerprint density at radius 3 is 1.03 bits per heavy atom. The van der Waals surface area contributed by atoms with Crippen LogP contribution in [0.1, 0.15) is 34.5 Å². The maximum Gasteiger partial charge on any atom is 1.00 e. The molecule has 0 radical (unpaired) electrons. The second-order valence-electron chi connectivity index (χ2n) is 27.9. The minimum atomic E-state index is -3.35. The molecule has 6 aliphatic rings. The maximum atomic E-state index is 15.7. The molecule has 0 saturated carbocycles. The van der Waals surface area contributed by atoms with Crippen molar-refractivity contribution in [2.75, 3.05) is 31.8 Å². The normalized spacial score (nSPS) is 13.4. The minimum absolute atomic E-state index is 0. The summed E-state index contributed by atoms with van der Waals surface area (Å²) in [6.45, 7) is 3.82. The molecule has 131 heavy (non-hydrogen) atoms. The van der Waals surface area contributed by atoms with E-state index in [1.807, 2.05) is 182 Å². The van der Waals surface area contributed by atoms with Crippen LogP contribution in [0.5, 0.6) is 74.7 Å². The first-order valence-corrected chi connectivity index (χ1v) is 50.4. The van der Waals surface area contributed by atoms with Gasteiger partial charge >= 0.3 is 103 Å². The number of aromatic hydroxyl groups is 1. The van der Waals surface area contributed by atoms with Gasteiger partial charge in [-0.15, -0.1) is 23.2 Å². The zero-order valence-corrected chi connectivity index (χ0v) is 88.6. The molecule has 666 valence electrons. The van der Waals surface area contributed by atoms with Crippen LogP contribution in [0.3, 0.4) is 0 Å². The predicted octanol–water partition coefficient (Wildman–Crippen LogP) is 17.0. The van der Waals surface area contributed by atoms with Gasteiger partial charge in [-0.05, 0) is 246 Å². The summed E-state index contributed by atoms with van der Waals surface area (Å²) in [6.07, 6.45) is 5.11. The molecule has 6 aliphatic heterocycles. The molecular weight excluding hydrogens is 2150 g/mol. The first kappa shape index (κ1) is 109. The van der Waals surface area contributed by atoms with Crippen molar-refractivity contribution in [3.8, 4) is 74.7 Å². The molecule has 0 spiro atoms. The van der Waals surface area contributed by atoms with Crippen LogP contribution in [0.15, 0.2) is 380 Å². The topological polar surface area (TPSA) is 201 Å². The summed E-state index contributed by atoms with van der Waals surface area (Å²) in [7, 11) is -8.78. The molecule has 1 atom stereocenters. The first-order chi connectivity index (χ1) is 62.1. The molecule has 0 aliphatic carbocycles. The monoisotopic (exact) mass is 2230 g/mol. The van der Waals surface area contributed by atoms with Gasteiger partial charge < -0.3 is 59.1 Å². The molecular formula is C101H87Br5Cl2F3K2O15PSi2. The first-order valence-electron chi connectivity index (χ1n) is 39.7. The summed E-state index contributed by atoms with van der Waals surface area (Å²) in [5, 5.41) is 41.5. The number of halogens is 10. The fourth-order valence-electron chi connectivity index (χ4n) is 15.0. The number of carbonyl (C=O) groups is 1. The zero-order chi connectivity index (χ0) is 89.6. The molecule has 15 aromatic rings. The summed E-state index contributed by atoms with van der Waals surface area (Å²) in [5.41, 5.74) is 0. The molecule has 0 aromatic heterocycles. The van der Waals surface area contributed by atoms with Gasteiger partial charge in [-0.25, -0.2) is 8.78 Å². The van der Waals surface area contributed by atoms with Crippen LogP contribution < -0.4 is 194 Å². The van der Waals surface area contributed by atoms with Crippen molar-refractivity contribution in [1.82, 2.24) is 0 Å². The van der Waals surface area contributed by atoms with E-state index in [9.17, 15) is 8.78 Å². The van der Waals surface area contributed by atoms with Crippen LogP contribution >= 0.6 is 110 Å². The van der Waals surface area contributed by atoms with E-state index in [1.165, 1.54) is 80.2 Å². The number of ether oxygens (including phenoxy) is 8. The second-order valence-corrected chi connectivity index (χ2v) is 42.9. The molecule has 21 rings (SSSR count). The minimum Gasteiger partial charge on any atom is -1.00 e. The Morgan fingerprint density at radius 1 is 0.389 bits per heavy atom. The SMILES string of the molecule is Brc1ccccc1Oc1cccc(Oc2ccccc2Br)c1Br.C.C1CCOC1.C1CCOC1.ClCCl.F.Fc1cccc(F)c1Br.O=CO[O-].O=P(c1ccccc1)(c1ccccc1)c1ccc2c3c1Oc1ccccc1[Si]3(c1ccccc1)c1ccccc1O2.OO.Oc1ccccc1Br.[H-].[K+].[K+].c1ccc([Si]23c4ccccc4Oc4cccc(c42)Oc2ccccc23)cc1. The van der Waals surface area contributed by atoms with Gasteiger partial charge in [0, 0.05) is 47.4 Å². The smallest absolute Gasteiger partial charge is 1.00 e. The summed E-state index contributed by atoms with van der Waals surface area (Å²) in [4.78, 5) is 11.2. The number of benzene rings is 15. The van der Waals surface area contributed by atoms with Crippen molar-refractivity contribution in [2.24, 2.45) is 0 Å². The van der Waals surface area contributed by atoms with Crippen LogP contribution in [-0.4, -0.2) is 70.0 Å². The fraction of sp³-hybridized carbons (Fsp3) is 0.0990. The fourth-order valence-corrected chi connectivity index (χ4v) is 29.9. The van der Waals surface area contributed by atoms with Gasteiger partial charge in [0.25, 0.3) is 6.47 Å². The number of alkyl halides is 2. The van der Waals surface area contributed by atoms with E-state index >= 15 is 4.57 Å². The quantitative estimate of drug-likeness (QED) is 0.0222. The van der Waals surface area contributed by atoms with Crippen LogP contribution in [0, 0.1) is 11.6 Å². The Hall–Kier alpha value is -7.12. The van der Waals surface area contributed by atoms with Crippen molar-refractivity contribution in [3.63, 3.8) is 0 Å². The van der Waals surface area contributed by atoms with Crippen molar-refractivity contribution in [1.29, 1.82) is 0 Å². The molecule has 30 heteroatoms. The van der Waals surface area contributed by atoms with E-state index < -0.39 is 34.9 Å². The van der Waals surface area contributed by atoms with E-state index in [-0.39, 0.29) is 138 Å². The Bertz CT molecular complexity index is 5960. The number of hydrogen-bond acceptors (Lipinski definition) is 15. The van der Waals surface area contributed by atoms with E-state index in [0.29, 0.717) is 22.6 Å². The average Bonchev–Trinajstić information content (AvgIpc) is 0.856. The Balaban J connectivity index is 0.000000229. The van der Waals surface area contributed by atoms with Gasteiger partial charge in [-0.2, -0.15) is 0 Å². The van der Waals surface area contributed by atoms with Gasteiger partial charge in [0.1, 0.15) is 90.9 Å². The number of phenolic OH excluding ortho intramolecular Hbond substituents is 1. The van der Waals surface area contributed by atoms with E-state index in [4.69, 9.17) is 86.8 Å². The average molecular weight is 2230 g/mol.